The lowest BCUT2D eigenvalue weighted by molar-refractivity contribution is 0.549. The van der Waals surface area contributed by atoms with Crippen LogP contribution in [-0.4, -0.2) is 34.4 Å². The largest absolute Gasteiger partial charge is 0.357 e. The fraction of sp³-hybridized carbons (Fsp3) is 0.200. The Bertz CT molecular complexity index is 1580. The van der Waals surface area contributed by atoms with Gasteiger partial charge in [0.1, 0.15) is 11.3 Å². The van der Waals surface area contributed by atoms with E-state index in [2.05, 4.69) is 38.5 Å². The van der Waals surface area contributed by atoms with Crippen LogP contribution in [0.1, 0.15) is 17.0 Å². The molecule has 3 aromatic heterocycles. The van der Waals surface area contributed by atoms with Crippen LogP contribution in [0.2, 0.25) is 0 Å². The average Bonchev–Trinajstić information content (AvgIpc) is 3.42. The molecular weight excluding hydrogens is 450 g/mol. The van der Waals surface area contributed by atoms with Gasteiger partial charge in [-0.25, -0.2) is 13.9 Å². The van der Waals surface area contributed by atoms with Crippen molar-refractivity contribution < 1.29 is 8.76 Å². The molecule has 5 rings (SSSR count). The molecule has 34 heavy (non-hydrogen) atoms. The topological polar surface area (TPSA) is 105 Å². The predicted molar refractivity (Wildman–Crippen MR) is 135 cm³/mol. The van der Waals surface area contributed by atoms with Crippen LogP contribution >= 0.6 is 0 Å². The SMILES string of the molecule is Cc1nc2c(CCNS(=O)O)cc(-c3cn(C)c(=O)c4[nH]ccc34)cc2n1Cc1ccccc1. The Morgan fingerprint density at radius 1 is 1.18 bits per heavy atom. The first kappa shape index (κ1) is 22.3. The molecule has 0 amide bonds. The minimum absolute atomic E-state index is 0.0790. The number of aromatic amines is 1. The molecule has 0 aliphatic rings. The molecular formula is C25H25N5O3S. The number of H-pyrrole nitrogens is 1. The summed E-state index contributed by atoms with van der Waals surface area (Å²) in [5.41, 5.74) is 6.38. The van der Waals surface area contributed by atoms with Crippen molar-refractivity contribution in [2.45, 2.75) is 19.9 Å². The molecule has 0 aliphatic carbocycles. The fourth-order valence-corrected chi connectivity index (χ4v) is 4.77. The molecule has 2 aromatic carbocycles. The third-order valence-corrected chi connectivity index (χ3v) is 6.58. The highest BCUT2D eigenvalue weighted by molar-refractivity contribution is 7.77. The summed E-state index contributed by atoms with van der Waals surface area (Å²) >= 11 is -2.08. The number of imidazole rings is 1. The van der Waals surface area contributed by atoms with E-state index in [-0.39, 0.29) is 5.56 Å². The van der Waals surface area contributed by atoms with Crippen molar-refractivity contribution in [2.75, 3.05) is 6.54 Å². The average molecular weight is 476 g/mol. The molecule has 0 aliphatic heterocycles. The lowest BCUT2D eigenvalue weighted by Crippen LogP contribution is -2.19. The van der Waals surface area contributed by atoms with E-state index >= 15 is 0 Å². The number of aromatic nitrogens is 4. The van der Waals surface area contributed by atoms with Gasteiger partial charge in [0.25, 0.3) is 5.56 Å². The fourth-order valence-electron chi connectivity index (χ4n) is 4.49. The van der Waals surface area contributed by atoms with E-state index in [0.29, 0.717) is 25.0 Å². The van der Waals surface area contributed by atoms with Crippen LogP contribution in [-0.2, 0) is 31.3 Å². The molecule has 0 saturated heterocycles. The molecule has 1 unspecified atom stereocenters. The summed E-state index contributed by atoms with van der Waals surface area (Å²) in [4.78, 5) is 20.5. The molecule has 5 aromatic rings. The molecule has 174 valence electrons. The Balaban J connectivity index is 1.72. The summed E-state index contributed by atoms with van der Waals surface area (Å²) in [5.74, 6) is 0.892. The number of hydrogen-bond acceptors (Lipinski definition) is 3. The summed E-state index contributed by atoms with van der Waals surface area (Å²) < 4.78 is 26.6. The molecule has 0 bridgehead atoms. The maximum absolute atomic E-state index is 12.6. The number of pyridine rings is 1. The Labute approximate surface area is 198 Å². The van der Waals surface area contributed by atoms with Crippen molar-refractivity contribution >= 4 is 33.2 Å². The highest BCUT2D eigenvalue weighted by Crippen LogP contribution is 2.32. The summed E-state index contributed by atoms with van der Waals surface area (Å²) in [7, 11) is 1.75. The van der Waals surface area contributed by atoms with Gasteiger partial charge in [-0.05, 0) is 48.2 Å². The number of nitrogens with zero attached hydrogens (tertiary/aromatic N) is 3. The molecule has 0 radical (unpaired) electrons. The zero-order valence-electron chi connectivity index (χ0n) is 18.9. The standard InChI is InChI=1S/C25H25N5O3S/c1-16-28-23-18(8-11-27-34(32)33)12-19(13-22(23)30(16)14-17-6-4-3-5-7-17)21-15-29(2)25(31)24-20(21)9-10-26-24/h3-7,9-10,12-13,15,26-27H,8,11,14H2,1-2H3,(H,32,33). The highest BCUT2D eigenvalue weighted by Gasteiger charge is 2.17. The zero-order chi connectivity index (χ0) is 23.8. The Hall–Kier alpha value is -3.53. The van der Waals surface area contributed by atoms with E-state index in [4.69, 9.17) is 9.54 Å². The second kappa shape index (κ2) is 9.02. The third-order valence-electron chi connectivity index (χ3n) is 6.13. The molecule has 0 fully saturated rings. The van der Waals surface area contributed by atoms with E-state index < -0.39 is 11.3 Å². The van der Waals surface area contributed by atoms with Gasteiger partial charge in [-0.3, -0.25) is 9.35 Å². The first-order valence-corrected chi connectivity index (χ1v) is 12.1. The smallest absolute Gasteiger partial charge is 0.274 e. The number of nitrogens with one attached hydrogen (secondary N) is 2. The second-order valence-electron chi connectivity index (χ2n) is 8.35. The molecule has 1 atom stereocenters. The van der Waals surface area contributed by atoms with Crippen molar-refractivity contribution in [3.63, 3.8) is 0 Å². The van der Waals surface area contributed by atoms with Crippen molar-refractivity contribution in [3.8, 4) is 11.1 Å². The molecule has 8 nitrogen and oxygen atoms in total. The highest BCUT2D eigenvalue weighted by atomic mass is 32.2. The van der Waals surface area contributed by atoms with Gasteiger partial charge in [0.2, 0.25) is 11.3 Å². The molecule has 3 N–H and O–H groups in total. The number of fused-ring (bicyclic) bond motifs is 2. The van der Waals surface area contributed by atoms with Gasteiger partial charge < -0.3 is 14.1 Å². The molecule has 9 heteroatoms. The van der Waals surface area contributed by atoms with Gasteiger partial charge in [0.05, 0.1) is 11.0 Å². The zero-order valence-corrected chi connectivity index (χ0v) is 19.7. The summed E-state index contributed by atoms with van der Waals surface area (Å²) in [5, 5.41) is 0.855. The minimum Gasteiger partial charge on any atom is -0.357 e. The van der Waals surface area contributed by atoms with Crippen molar-refractivity contribution in [1.82, 2.24) is 23.8 Å². The first-order chi connectivity index (χ1) is 16.4. The summed E-state index contributed by atoms with van der Waals surface area (Å²) in [6.45, 7) is 3.00. The van der Waals surface area contributed by atoms with Crippen molar-refractivity contribution in [1.29, 1.82) is 0 Å². The van der Waals surface area contributed by atoms with Crippen LogP contribution in [0.4, 0.5) is 0 Å². The predicted octanol–water partition coefficient (Wildman–Crippen LogP) is 3.51. The van der Waals surface area contributed by atoms with Crippen LogP contribution in [0.5, 0.6) is 0 Å². The summed E-state index contributed by atoms with van der Waals surface area (Å²) in [6, 6.07) is 16.3. The minimum atomic E-state index is -2.08. The number of aryl methyl sites for hydroxylation is 2. The number of rotatable bonds is 7. The third kappa shape index (κ3) is 4.09. The van der Waals surface area contributed by atoms with Gasteiger partial charge in [0.15, 0.2) is 0 Å². The van der Waals surface area contributed by atoms with Gasteiger partial charge in [-0.2, -0.15) is 0 Å². The molecule has 0 spiro atoms. The van der Waals surface area contributed by atoms with Crippen molar-refractivity contribution in [2.24, 2.45) is 7.05 Å². The van der Waals surface area contributed by atoms with E-state index in [0.717, 1.165) is 38.9 Å². The molecule has 0 saturated carbocycles. The van der Waals surface area contributed by atoms with E-state index in [1.807, 2.05) is 37.4 Å². The van der Waals surface area contributed by atoms with E-state index in [9.17, 15) is 9.00 Å². The summed E-state index contributed by atoms with van der Waals surface area (Å²) in [6.07, 6.45) is 4.16. The maximum atomic E-state index is 12.6. The van der Waals surface area contributed by atoms with E-state index in [1.54, 1.807) is 17.8 Å². The van der Waals surface area contributed by atoms with Crippen molar-refractivity contribution in [3.05, 3.63) is 88.2 Å². The normalized spacial score (nSPS) is 12.6. The Morgan fingerprint density at radius 3 is 2.74 bits per heavy atom. The van der Waals surface area contributed by atoms with Gasteiger partial charge in [-0.1, -0.05) is 30.3 Å². The lowest BCUT2D eigenvalue weighted by atomic mass is 9.99. The maximum Gasteiger partial charge on any atom is 0.274 e. The van der Waals surface area contributed by atoms with Crippen LogP contribution in [0.3, 0.4) is 0 Å². The van der Waals surface area contributed by atoms with Crippen LogP contribution in [0, 0.1) is 6.92 Å². The van der Waals surface area contributed by atoms with Crippen LogP contribution in [0.15, 0.2) is 65.7 Å². The lowest BCUT2D eigenvalue weighted by Gasteiger charge is -2.12. The monoisotopic (exact) mass is 475 g/mol. The van der Waals surface area contributed by atoms with Gasteiger partial charge in [0, 0.05) is 43.5 Å². The second-order valence-corrected chi connectivity index (χ2v) is 9.14. The van der Waals surface area contributed by atoms with E-state index in [1.165, 1.54) is 5.56 Å². The molecule has 3 heterocycles. The van der Waals surface area contributed by atoms with Crippen LogP contribution < -0.4 is 10.3 Å². The Morgan fingerprint density at radius 2 is 1.97 bits per heavy atom. The number of benzene rings is 2. The van der Waals surface area contributed by atoms with Crippen LogP contribution in [0.25, 0.3) is 33.1 Å². The van der Waals surface area contributed by atoms with Gasteiger partial charge in [-0.15, -0.1) is 0 Å². The first-order valence-electron chi connectivity index (χ1n) is 11.0. The van der Waals surface area contributed by atoms with Gasteiger partial charge >= 0.3 is 0 Å². The number of hydrogen-bond donors (Lipinski definition) is 3. The Kier molecular flexibility index (Phi) is 5.91. The quantitative estimate of drug-likeness (QED) is 0.313.